The first kappa shape index (κ1) is 18.5. The molecular formula is C20H23ClN2O3. The van der Waals surface area contributed by atoms with Gasteiger partial charge >= 0.3 is 0 Å². The van der Waals surface area contributed by atoms with Crippen LogP contribution in [0, 0.1) is 0 Å². The van der Waals surface area contributed by atoms with Gasteiger partial charge in [0, 0.05) is 44.0 Å². The van der Waals surface area contributed by atoms with E-state index in [2.05, 4.69) is 0 Å². The van der Waals surface area contributed by atoms with Crippen LogP contribution in [0.25, 0.3) is 0 Å². The fourth-order valence-corrected chi connectivity index (χ4v) is 3.27. The van der Waals surface area contributed by atoms with E-state index >= 15 is 0 Å². The average Bonchev–Trinajstić information content (AvgIpc) is 3.04. The number of rotatable bonds is 5. The van der Waals surface area contributed by atoms with Crippen LogP contribution in [0.3, 0.4) is 0 Å². The largest absolute Gasteiger partial charge is 0.469 e. The van der Waals surface area contributed by atoms with E-state index in [1.807, 2.05) is 34.1 Å². The SMILES string of the molecule is O=C(CCc1ccco1)N1CCCN(C(=O)Cc2ccc(Cl)cc2)CC1. The molecule has 2 amide bonds. The van der Waals surface area contributed by atoms with E-state index in [9.17, 15) is 9.59 Å². The summed E-state index contributed by atoms with van der Waals surface area (Å²) in [5.41, 5.74) is 0.954. The van der Waals surface area contributed by atoms with Crippen LogP contribution >= 0.6 is 11.6 Å². The second-order valence-corrected chi connectivity index (χ2v) is 6.93. The number of carbonyl (C=O) groups excluding carboxylic acids is 2. The fraction of sp³-hybridized carbons (Fsp3) is 0.400. The molecule has 1 aromatic heterocycles. The minimum atomic E-state index is 0.0946. The van der Waals surface area contributed by atoms with Crippen molar-refractivity contribution in [1.82, 2.24) is 9.80 Å². The molecule has 5 nitrogen and oxygen atoms in total. The molecule has 6 heteroatoms. The monoisotopic (exact) mass is 374 g/mol. The van der Waals surface area contributed by atoms with E-state index in [1.165, 1.54) is 0 Å². The Balaban J connectivity index is 1.48. The van der Waals surface area contributed by atoms with Gasteiger partial charge in [-0.25, -0.2) is 0 Å². The molecule has 0 radical (unpaired) electrons. The van der Waals surface area contributed by atoms with Crippen molar-refractivity contribution in [1.29, 1.82) is 0 Å². The van der Waals surface area contributed by atoms with Gasteiger partial charge in [0.25, 0.3) is 0 Å². The molecule has 0 atom stereocenters. The molecule has 1 aliphatic rings. The summed E-state index contributed by atoms with van der Waals surface area (Å²) in [6.45, 7) is 2.55. The summed E-state index contributed by atoms with van der Waals surface area (Å²) in [7, 11) is 0. The maximum absolute atomic E-state index is 12.5. The van der Waals surface area contributed by atoms with Crippen LogP contribution in [0.1, 0.15) is 24.2 Å². The molecule has 0 spiro atoms. The average molecular weight is 375 g/mol. The first-order valence-corrected chi connectivity index (χ1v) is 9.32. The van der Waals surface area contributed by atoms with Crippen molar-refractivity contribution in [3.63, 3.8) is 0 Å². The summed E-state index contributed by atoms with van der Waals surface area (Å²) in [6, 6.07) is 11.1. The maximum atomic E-state index is 12.5. The summed E-state index contributed by atoms with van der Waals surface area (Å²) in [5, 5.41) is 0.666. The quantitative estimate of drug-likeness (QED) is 0.807. The van der Waals surface area contributed by atoms with Crippen LogP contribution in [-0.2, 0) is 22.4 Å². The van der Waals surface area contributed by atoms with Crippen molar-refractivity contribution in [2.45, 2.75) is 25.7 Å². The number of hydrogen-bond donors (Lipinski definition) is 0. The van der Waals surface area contributed by atoms with E-state index in [1.54, 1.807) is 18.4 Å². The second kappa shape index (κ2) is 8.90. The Morgan fingerprint density at radius 1 is 0.962 bits per heavy atom. The number of furan rings is 1. The van der Waals surface area contributed by atoms with Gasteiger partial charge in [0.15, 0.2) is 0 Å². The van der Waals surface area contributed by atoms with E-state index in [0.717, 1.165) is 17.7 Å². The molecule has 0 bridgehead atoms. The zero-order valence-electron chi connectivity index (χ0n) is 14.7. The molecule has 1 fully saturated rings. The highest BCUT2D eigenvalue weighted by atomic mass is 35.5. The Morgan fingerprint density at radius 3 is 2.31 bits per heavy atom. The van der Waals surface area contributed by atoms with Gasteiger partial charge in [-0.05, 0) is 36.2 Å². The minimum Gasteiger partial charge on any atom is -0.469 e. The highest BCUT2D eigenvalue weighted by molar-refractivity contribution is 6.30. The summed E-state index contributed by atoms with van der Waals surface area (Å²) < 4.78 is 5.28. The molecule has 2 aromatic rings. The molecule has 2 heterocycles. The third-order valence-corrected chi connectivity index (χ3v) is 4.89. The lowest BCUT2D eigenvalue weighted by atomic mass is 10.1. The Labute approximate surface area is 158 Å². The highest BCUT2D eigenvalue weighted by Crippen LogP contribution is 2.13. The molecule has 0 N–H and O–H groups in total. The molecule has 0 aliphatic carbocycles. The molecule has 1 saturated heterocycles. The summed E-state index contributed by atoms with van der Waals surface area (Å²) in [5.74, 6) is 1.04. The number of carbonyl (C=O) groups is 2. The van der Waals surface area contributed by atoms with Crippen molar-refractivity contribution in [3.05, 3.63) is 59.0 Å². The predicted octanol–water partition coefficient (Wildman–Crippen LogP) is 3.17. The molecule has 26 heavy (non-hydrogen) atoms. The van der Waals surface area contributed by atoms with Gasteiger partial charge in [0.05, 0.1) is 12.7 Å². The summed E-state index contributed by atoms with van der Waals surface area (Å²) in [4.78, 5) is 28.7. The fourth-order valence-electron chi connectivity index (χ4n) is 3.15. The number of amides is 2. The molecule has 1 aromatic carbocycles. The van der Waals surface area contributed by atoms with Crippen molar-refractivity contribution < 1.29 is 14.0 Å². The number of halogens is 1. The van der Waals surface area contributed by atoms with Crippen molar-refractivity contribution in [3.8, 4) is 0 Å². The predicted molar refractivity (Wildman–Crippen MR) is 100.0 cm³/mol. The normalized spacial score (nSPS) is 15.0. The Bertz CT molecular complexity index is 728. The van der Waals surface area contributed by atoms with Crippen molar-refractivity contribution in [2.75, 3.05) is 26.2 Å². The lowest BCUT2D eigenvalue weighted by Gasteiger charge is -2.22. The van der Waals surface area contributed by atoms with Gasteiger partial charge in [-0.3, -0.25) is 9.59 Å². The third-order valence-electron chi connectivity index (χ3n) is 4.64. The van der Waals surface area contributed by atoms with Crippen LogP contribution in [-0.4, -0.2) is 47.8 Å². The van der Waals surface area contributed by atoms with E-state index in [0.29, 0.717) is 50.5 Å². The number of hydrogen-bond acceptors (Lipinski definition) is 3. The van der Waals surface area contributed by atoms with Gasteiger partial charge < -0.3 is 14.2 Å². The van der Waals surface area contributed by atoms with Gasteiger partial charge in [-0.15, -0.1) is 0 Å². The second-order valence-electron chi connectivity index (χ2n) is 6.50. The maximum Gasteiger partial charge on any atom is 0.227 e. The van der Waals surface area contributed by atoms with Gasteiger partial charge in [0.2, 0.25) is 11.8 Å². The molecule has 1 aliphatic heterocycles. The molecule has 0 saturated carbocycles. The highest BCUT2D eigenvalue weighted by Gasteiger charge is 2.22. The van der Waals surface area contributed by atoms with Crippen LogP contribution in [0.2, 0.25) is 5.02 Å². The zero-order valence-corrected chi connectivity index (χ0v) is 15.5. The zero-order chi connectivity index (χ0) is 18.4. The number of benzene rings is 1. The van der Waals surface area contributed by atoms with E-state index in [4.69, 9.17) is 16.0 Å². The van der Waals surface area contributed by atoms with Crippen LogP contribution in [0.4, 0.5) is 0 Å². The lowest BCUT2D eigenvalue weighted by Crippen LogP contribution is -2.38. The van der Waals surface area contributed by atoms with Crippen molar-refractivity contribution in [2.24, 2.45) is 0 Å². The summed E-state index contributed by atoms with van der Waals surface area (Å²) >= 11 is 5.88. The molecular weight excluding hydrogens is 352 g/mol. The van der Waals surface area contributed by atoms with Crippen molar-refractivity contribution >= 4 is 23.4 Å². The Kier molecular flexibility index (Phi) is 6.34. The smallest absolute Gasteiger partial charge is 0.227 e. The molecule has 0 unspecified atom stereocenters. The minimum absolute atomic E-state index is 0.0946. The molecule has 138 valence electrons. The first-order valence-electron chi connectivity index (χ1n) is 8.94. The lowest BCUT2D eigenvalue weighted by molar-refractivity contribution is -0.133. The van der Waals surface area contributed by atoms with Gasteiger partial charge in [-0.2, -0.15) is 0 Å². The summed E-state index contributed by atoms with van der Waals surface area (Å²) in [6.07, 6.45) is 3.84. The Hall–Kier alpha value is -2.27. The van der Waals surface area contributed by atoms with Crippen LogP contribution in [0.15, 0.2) is 47.1 Å². The number of aryl methyl sites for hydroxylation is 1. The standard InChI is InChI=1S/C20H23ClN2O3/c21-17-6-4-16(5-7-17)15-20(25)23-11-2-10-22(12-13-23)19(24)9-8-18-3-1-14-26-18/h1,3-7,14H,2,8-13,15H2. The number of nitrogens with zero attached hydrogens (tertiary/aromatic N) is 2. The van der Waals surface area contributed by atoms with Crippen LogP contribution < -0.4 is 0 Å². The Morgan fingerprint density at radius 2 is 1.65 bits per heavy atom. The third kappa shape index (κ3) is 5.11. The topological polar surface area (TPSA) is 53.8 Å². The van der Waals surface area contributed by atoms with Gasteiger partial charge in [0.1, 0.15) is 5.76 Å². The molecule has 3 rings (SSSR count). The van der Waals surface area contributed by atoms with E-state index < -0.39 is 0 Å². The van der Waals surface area contributed by atoms with E-state index in [-0.39, 0.29) is 11.8 Å². The van der Waals surface area contributed by atoms with Crippen LogP contribution in [0.5, 0.6) is 0 Å². The van der Waals surface area contributed by atoms with Gasteiger partial charge in [-0.1, -0.05) is 23.7 Å². The first-order chi connectivity index (χ1) is 12.6.